The van der Waals surface area contributed by atoms with Crippen molar-refractivity contribution >= 4 is 9.28 Å². The average molecular weight is 259 g/mol. The van der Waals surface area contributed by atoms with Crippen molar-refractivity contribution in [2.45, 2.75) is 52.0 Å². The SMILES string of the molecule is CCO[SiH](CCCCN1CCCCC1)OCC. The maximum Gasteiger partial charge on any atom is 0.321 e. The highest BCUT2D eigenvalue weighted by Crippen LogP contribution is 2.11. The molecule has 4 heteroatoms. The Bertz CT molecular complexity index is 169. The maximum atomic E-state index is 5.68. The molecule has 0 bridgehead atoms. The average Bonchev–Trinajstić information content (AvgIpc) is 2.36. The minimum Gasteiger partial charge on any atom is -0.397 e. The van der Waals surface area contributed by atoms with Crippen LogP contribution in [0.25, 0.3) is 0 Å². The van der Waals surface area contributed by atoms with E-state index in [9.17, 15) is 0 Å². The Labute approximate surface area is 108 Å². The van der Waals surface area contributed by atoms with E-state index in [1.165, 1.54) is 57.8 Å². The Hall–Kier alpha value is 0.0969. The van der Waals surface area contributed by atoms with E-state index in [1.807, 2.05) is 0 Å². The Kier molecular flexibility index (Phi) is 8.97. The highest BCUT2D eigenvalue weighted by molar-refractivity contribution is 6.44. The minimum atomic E-state index is -1.33. The number of hydrogen-bond donors (Lipinski definition) is 0. The second-order valence-corrected chi connectivity index (χ2v) is 6.84. The lowest BCUT2D eigenvalue weighted by molar-refractivity contribution is 0.208. The monoisotopic (exact) mass is 259 g/mol. The van der Waals surface area contributed by atoms with Crippen LogP contribution in [0.15, 0.2) is 0 Å². The Morgan fingerprint density at radius 1 is 0.941 bits per heavy atom. The number of rotatable bonds is 9. The Morgan fingerprint density at radius 3 is 2.18 bits per heavy atom. The van der Waals surface area contributed by atoms with Crippen LogP contribution < -0.4 is 0 Å². The largest absolute Gasteiger partial charge is 0.397 e. The molecule has 102 valence electrons. The Morgan fingerprint density at radius 2 is 1.59 bits per heavy atom. The first kappa shape index (κ1) is 15.2. The summed E-state index contributed by atoms with van der Waals surface area (Å²) >= 11 is 0. The first-order chi connectivity index (χ1) is 8.36. The quantitative estimate of drug-likeness (QED) is 0.469. The molecule has 1 fully saturated rings. The molecule has 0 amide bonds. The summed E-state index contributed by atoms with van der Waals surface area (Å²) in [6, 6.07) is 1.18. The third-order valence-corrected chi connectivity index (χ3v) is 5.61. The molecule has 1 saturated heterocycles. The molecule has 1 aliphatic rings. The highest BCUT2D eigenvalue weighted by Gasteiger charge is 2.13. The molecule has 0 aromatic carbocycles. The van der Waals surface area contributed by atoms with Crippen LogP contribution in [0.2, 0.25) is 6.04 Å². The van der Waals surface area contributed by atoms with E-state index < -0.39 is 9.28 Å². The number of nitrogens with zero attached hydrogens (tertiary/aromatic N) is 1. The van der Waals surface area contributed by atoms with Gasteiger partial charge in [-0.2, -0.15) is 0 Å². The van der Waals surface area contributed by atoms with Gasteiger partial charge in [-0.15, -0.1) is 0 Å². The van der Waals surface area contributed by atoms with Crippen molar-refractivity contribution in [3.05, 3.63) is 0 Å². The van der Waals surface area contributed by atoms with E-state index in [4.69, 9.17) is 8.85 Å². The number of piperidine rings is 1. The lowest BCUT2D eigenvalue weighted by Crippen LogP contribution is -2.30. The molecule has 0 saturated carbocycles. The molecule has 0 radical (unpaired) electrons. The molecular formula is C13H29NO2Si. The maximum absolute atomic E-state index is 5.68. The van der Waals surface area contributed by atoms with Crippen LogP contribution in [0.4, 0.5) is 0 Å². The van der Waals surface area contributed by atoms with Gasteiger partial charge < -0.3 is 13.8 Å². The fourth-order valence-corrected chi connectivity index (χ4v) is 4.21. The van der Waals surface area contributed by atoms with Crippen molar-refractivity contribution < 1.29 is 8.85 Å². The van der Waals surface area contributed by atoms with Gasteiger partial charge in [0.1, 0.15) is 0 Å². The standard InChI is InChI=1S/C13H29NO2Si/c1-3-15-17(16-4-2)13-9-8-12-14-10-6-5-7-11-14/h17H,3-13H2,1-2H3. The van der Waals surface area contributed by atoms with E-state index in [-0.39, 0.29) is 0 Å². The molecule has 0 aliphatic carbocycles. The van der Waals surface area contributed by atoms with Gasteiger partial charge >= 0.3 is 9.28 Å². The van der Waals surface area contributed by atoms with Gasteiger partial charge in [0.15, 0.2) is 0 Å². The van der Waals surface area contributed by atoms with Crippen LogP contribution in [0.5, 0.6) is 0 Å². The number of unbranched alkanes of at least 4 members (excludes halogenated alkanes) is 1. The Balaban J connectivity index is 2.00. The molecule has 3 nitrogen and oxygen atoms in total. The topological polar surface area (TPSA) is 21.7 Å². The van der Waals surface area contributed by atoms with Crippen LogP contribution in [0.3, 0.4) is 0 Å². The molecule has 1 rings (SSSR count). The van der Waals surface area contributed by atoms with Crippen molar-refractivity contribution in [2.24, 2.45) is 0 Å². The molecule has 1 aliphatic heterocycles. The summed E-state index contributed by atoms with van der Waals surface area (Å²) in [5.41, 5.74) is 0. The van der Waals surface area contributed by atoms with Gasteiger partial charge in [0, 0.05) is 13.2 Å². The second-order valence-electron chi connectivity index (χ2n) is 4.74. The molecular weight excluding hydrogens is 230 g/mol. The van der Waals surface area contributed by atoms with E-state index in [1.54, 1.807) is 0 Å². The molecule has 0 atom stereocenters. The second kappa shape index (κ2) is 10.1. The zero-order valence-electron chi connectivity index (χ0n) is 11.6. The molecule has 1 heterocycles. The fraction of sp³-hybridized carbons (Fsp3) is 1.00. The van der Waals surface area contributed by atoms with Crippen molar-refractivity contribution in [3.8, 4) is 0 Å². The summed E-state index contributed by atoms with van der Waals surface area (Å²) in [6.07, 6.45) is 6.81. The lowest BCUT2D eigenvalue weighted by Gasteiger charge is -2.26. The zero-order chi connectivity index (χ0) is 12.3. The first-order valence-electron chi connectivity index (χ1n) is 7.32. The lowest BCUT2D eigenvalue weighted by atomic mass is 10.1. The third kappa shape index (κ3) is 7.19. The van der Waals surface area contributed by atoms with Crippen LogP contribution in [0.1, 0.15) is 46.0 Å². The number of likely N-dealkylation sites (tertiary alicyclic amines) is 1. The molecule has 0 aromatic rings. The summed E-state index contributed by atoms with van der Waals surface area (Å²) in [5, 5.41) is 0. The van der Waals surface area contributed by atoms with Gasteiger partial charge in [-0.05, 0) is 58.8 Å². The van der Waals surface area contributed by atoms with E-state index in [0.29, 0.717) is 0 Å². The van der Waals surface area contributed by atoms with Gasteiger partial charge in [-0.1, -0.05) is 12.8 Å². The summed E-state index contributed by atoms with van der Waals surface area (Å²) in [6.45, 7) is 9.65. The van der Waals surface area contributed by atoms with Crippen molar-refractivity contribution in [2.75, 3.05) is 32.8 Å². The van der Waals surface area contributed by atoms with Crippen molar-refractivity contribution in [1.82, 2.24) is 4.90 Å². The number of hydrogen-bond acceptors (Lipinski definition) is 3. The van der Waals surface area contributed by atoms with Crippen LogP contribution in [-0.4, -0.2) is 47.0 Å². The van der Waals surface area contributed by atoms with E-state index in [2.05, 4.69) is 18.7 Å². The highest BCUT2D eigenvalue weighted by atomic mass is 28.3. The van der Waals surface area contributed by atoms with E-state index in [0.717, 1.165) is 13.2 Å². The predicted molar refractivity (Wildman–Crippen MR) is 74.7 cm³/mol. The van der Waals surface area contributed by atoms with Gasteiger partial charge in [0.25, 0.3) is 0 Å². The van der Waals surface area contributed by atoms with Gasteiger partial charge in [0.05, 0.1) is 0 Å². The minimum absolute atomic E-state index is 0.809. The van der Waals surface area contributed by atoms with Crippen molar-refractivity contribution in [1.29, 1.82) is 0 Å². The zero-order valence-corrected chi connectivity index (χ0v) is 12.8. The summed E-state index contributed by atoms with van der Waals surface area (Å²) in [4.78, 5) is 2.61. The summed E-state index contributed by atoms with van der Waals surface area (Å²) in [7, 11) is -1.33. The van der Waals surface area contributed by atoms with Gasteiger partial charge in [0.2, 0.25) is 0 Å². The summed E-state index contributed by atoms with van der Waals surface area (Å²) in [5.74, 6) is 0. The van der Waals surface area contributed by atoms with Gasteiger partial charge in [-0.3, -0.25) is 0 Å². The normalized spacial score (nSPS) is 17.8. The molecule has 0 aromatic heterocycles. The summed E-state index contributed by atoms with van der Waals surface area (Å²) < 4.78 is 11.4. The molecule has 0 unspecified atom stereocenters. The third-order valence-electron chi connectivity index (χ3n) is 3.32. The van der Waals surface area contributed by atoms with Gasteiger partial charge in [-0.25, -0.2) is 0 Å². The van der Waals surface area contributed by atoms with Crippen LogP contribution >= 0.6 is 0 Å². The smallest absolute Gasteiger partial charge is 0.321 e. The van der Waals surface area contributed by atoms with Crippen molar-refractivity contribution in [3.63, 3.8) is 0 Å². The van der Waals surface area contributed by atoms with Crippen LogP contribution in [-0.2, 0) is 8.85 Å². The predicted octanol–water partition coefficient (Wildman–Crippen LogP) is 2.55. The first-order valence-corrected chi connectivity index (χ1v) is 9.08. The molecule has 17 heavy (non-hydrogen) atoms. The fourth-order valence-electron chi connectivity index (χ4n) is 2.42. The van der Waals surface area contributed by atoms with E-state index >= 15 is 0 Å². The van der Waals surface area contributed by atoms with Crippen LogP contribution in [0, 0.1) is 0 Å². The molecule has 0 spiro atoms. The molecule has 0 N–H and O–H groups in total.